The Balaban J connectivity index is 1.74. The first kappa shape index (κ1) is 18.9. The van der Waals surface area contributed by atoms with E-state index in [2.05, 4.69) is 20.8 Å². The number of aromatic nitrogens is 4. The lowest BCUT2D eigenvalue weighted by molar-refractivity contribution is -0.115. The van der Waals surface area contributed by atoms with Crippen molar-refractivity contribution in [1.29, 1.82) is 0 Å². The molecule has 140 valence electrons. The van der Waals surface area contributed by atoms with Crippen molar-refractivity contribution in [2.75, 3.05) is 11.9 Å². The number of aryl methyl sites for hydroxylation is 1. The standard InChI is InChI=1S/C19H21N5O2S/c1-4-26-17-8-6-5-7-16(17)24-19(21-22-23-24)27-14(3)18(25)20-15-11-9-13(2)10-12-15/h5-12,14H,4H2,1-3H3,(H,20,25)/t14-/m1/s1. The number of tetrazole rings is 1. The summed E-state index contributed by atoms with van der Waals surface area (Å²) in [6.45, 7) is 6.28. The molecule has 1 amide bonds. The number of carbonyl (C=O) groups excluding carboxylic acids is 1. The van der Waals surface area contributed by atoms with E-state index in [-0.39, 0.29) is 11.2 Å². The highest BCUT2D eigenvalue weighted by molar-refractivity contribution is 8.00. The Hall–Kier alpha value is -2.87. The van der Waals surface area contributed by atoms with E-state index in [0.717, 1.165) is 16.9 Å². The van der Waals surface area contributed by atoms with Crippen molar-refractivity contribution in [1.82, 2.24) is 20.2 Å². The topological polar surface area (TPSA) is 81.9 Å². The molecule has 2 aromatic carbocycles. The molecule has 3 rings (SSSR count). The van der Waals surface area contributed by atoms with Gasteiger partial charge in [0.25, 0.3) is 0 Å². The molecule has 0 unspecified atom stereocenters. The fourth-order valence-corrected chi connectivity index (χ4v) is 3.21. The lowest BCUT2D eigenvalue weighted by Crippen LogP contribution is -2.23. The normalized spacial score (nSPS) is 11.8. The van der Waals surface area contributed by atoms with Gasteiger partial charge in [-0.25, -0.2) is 0 Å². The van der Waals surface area contributed by atoms with Crippen LogP contribution in [0.5, 0.6) is 5.75 Å². The van der Waals surface area contributed by atoms with Crippen LogP contribution in [0.25, 0.3) is 5.69 Å². The van der Waals surface area contributed by atoms with Gasteiger partial charge in [0, 0.05) is 5.69 Å². The van der Waals surface area contributed by atoms with Crippen molar-refractivity contribution >= 4 is 23.4 Å². The Morgan fingerprint density at radius 1 is 1.22 bits per heavy atom. The van der Waals surface area contributed by atoms with E-state index < -0.39 is 0 Å². The number of rotatable bonds is 7. The Labute approximate surface area is 162 Å². The number of nitrogens with zero attached hydrogens (tertiary/aromatic N) is 4. The summed E-state index contributed by atoms with van der Waals surface area (Å²) in [4.78, 5) is 12.5. The predicted molar refractivity (Wildman–Crippen MR) is 105 cm³/mol. The van der Waals surface area contributed by atoms with Gasteiger partial charge in [0.2, 0.25) is 11.1 Å². The molecule has 0 aliphatic carbocycles. The van der Waals surface area contributed by atoms with Gasteiger partial charge in [0.1, 0.15) is 11.4 Å². The number of para-hydroxylation sites is 2. The van der Waals surface area contributed by atoms with Crippen molar-refractivity contribution in [3.05, 3.63) is 54.1 Å². The molecule has 3 aromatic rings. The number of carbonyl (C=O) groups is 1. The fourth-order valence-electron chi connectivity index (χ4n) is 2.41. The second kappa shape index (κ2) is 8.68. The third-order valence-corrected chi connectivity index (χ3v) is 4.84. The number of thioether (sulfide) groups is 1. The van der Waals surface area contributed by atoms with Gasteiger partial charge in [-0.05, 0) is 55.5 Å². The van der Waals surface area contributed by atoms with Crippen LogP contribution in [-0.4, -0.2) is 38.0 Å². The van der Waals surface area contributed by atoms with Crippen molar-refractivity contribution in [2.45, 2.75) is 31.2 Å². The molecule has 1 atom stereocenters. The van der Waals surface area contributed by atoms with Gasteiger partial charge in [-0.2, -0.15) is 4.68 Å². The third-order valence-electron chi connectivity index (χ3n) is 3.80. The van der Waals surface area contributed by atoms with Gasteiger partial charge < -0.3 is 10.1 Å². The number of ether oxygens (including phenoxy) is 1. The van der Waals surface area contributed by atoms with Crippen molar-refractivity contribution < 1.29 is 9.53 Å². The smallest absolute Gasteiger partial charge is 0.237 e. The molecule has 1 N–H and O–H groups in total. The van der Waals surface area contributed by atoms with Crippen LogP contribution in [0.15, 0.2) is 53.7 Å². The third kappa shape index (κ3) is 4.65. The lowest BCUT2D eigenvalue weighted by atomic mass is 10.2. The molecule has 0 bridgehead atoms. The average Bonchev–Trinajstić information content (AvgIpc) is 3.12. The first-order chi connectivity index (χ1) is 13.1. The van der Waals surface area contributed by atoms with Crippen LogP contribution in [0.2, 0.25) is 0 Å². The van der Waals surface area contributed by atoms with E-state index in [4.69, 9.17) is 4.74 Å². The van der Waals surface area contributed by atoms with E-state index in [9.17, 15) is 4.79 Å². The van der Waals surface area contributed by atoms with Gasteiger partial charge in [-0.3, -0.25) is 4.79 Å². The molecule has 0 saturated carbocycles. The molecule has 0 aliphatic rings. The van der Waals surface area contributed by atoms with Gasteiger partial charge in [-0.1, -0.05) is 41.6 Å². The lowest BCUT2D eigenvalue weighted by Gasteiger charge is -2.13. The van der Waals surface area contributed by atoms with E-state index in [1.165, 1.54) is 11.8 Å². The maximum absolute atomic E-state index is 12.5. The summed E-state index contributed by atoms with van der Waals surface area (Å²) in [7, 11) is 0. The van der Waals surface area contributed by atoms with Crippen LogP contribution in [0.1, 0.15) is 19.4 Å². The Bertz CT molecular complexity index is 910. The zero-order valence-electron chi connectivity index (χ0n) is 15.4. The molecule has 0 radical (unpaired) electrons. The average molecular weight is 383 g/mol. The number of benzene rings is 2. The minimum Gasteiger partial charge on any atom is -0.492 e. The Morgan fingerprint density at radius 3 is 2.70 bits per heavy atom. The zero-order chi connectivity index (χ0) is 19.2. The van der Waals surface area contributed by atoms with E-state index in [1.54, 1.807) is 4.68 Å². The summed E-state index contributed by atoms with van der Waals surface area (Å²) in [6, 6.07) is 15.2. The minimum atomic E-state index is -0.379. The maximum Gasteiger partial charge on any atom is 0.237 e. The monoisotopic (exact) mass is 383 g/mol. The molecular formula is C19H21N5O2S. The quantitative estimate of drug-likeness (QED) is 0.629. The van der Waals surface area contributed by atoms with E-state index in [1.807, 2.05) is 69.3 Å². The molecule has 0 fully saturated rings. The summed E-state index contributed by atoms with van der Waals surface area (Å²) in [5, 5.41) is 14.9. The number of nitrogens with one attached hydrogen (secondary N) is 1. The molecule has 1 heterocycles. The maximum atomic E-state index is 12.5. The number of hydrogen-bond donors (Lipinski definition) is 1. The van der Waals surface area contributed by atoms with Crippen LogP contribution in [0.4, 0.5) is 5.69 Å². The Kier molecular flexibility index (Phi) is 6.08. The number of anilines is 1. The van der Waals surface area contributed by atoms with Gasteiger partial charge in [0.15, 0.2) is 0 Å². The van der Waals surface area contributed by atoms with E-state index >= 15 is 0 Å². The zero-order valence-corrected chi connectivity index (χ0v) is 16.2. The van der Waals surface area contributed by atoms with Gasteiger partial charge >= 0.3 is 0 Å². The SMILES string of the molecule is CCOc1ccccc1-n1nnnc1S[C@H](C)C(=O)Nc1ccc(C)cc1. The van der Waals surface area contributed by atoms with Gasteiger partial charge in [-0.15, -0.1) is 5.10 Å². The van der Waals surface area contributed by atoms with Crippen LogP contribution in [-0.2, 0) is 4.79 Å². The summed E-state index contributed by atoms with van der Waals surface area (Å²) in [5.74, 6) is 0.572. The molecule has 0 aliphatic heterocycles. The highest BCUT2D eigenvalue weighted by atomic mass is 32.2. The summed E-state index contributed by atoms with van der Waals surface area (Å²) >= 11 is 1.29. The first-order valence-electron chi connectivity index (χ1n) is 8.63. The molecule has 8 heteroatoms. The second-order valence-electron chi connectivity index (χ2n) is 5.89. The van der Waals surface area contributed by atoms with Crippen molar-refractivity contribution in [3.8, 4) is 11.4 Å². The summed E-state index contributed by atoms with van der Waals surface area (Å²) in [5.41, 5.74) is 2.64. The first-order valence-corrected chi connectivity index (χ1v) is 9.51. The summed E-state index contributed by atoms with van der Waals surface area (Å²) in [6.07, 6.45) is 0. The number of amides is 1. The Morgan fingerprint density at radius 2 is 1.96 bits per heavy atom. The molecule has 0 spiro atoms. The highest BCUT2D eigenvalue weighted by Crippen LogP contribution is 2.28. The molecule has 27 heavy (non-hydrogen) atoms. The largest absolute Gasteiger partial charge is 0.492 e. The van der Waals surface area contributed by atoms with Crippen LogP contribution in [0.3, 0.4) is 0 Å². The molecule has 0 saturated heterocycles. The minimum absolute atomic E-state index is 0.114. The van der Waals surface area contributed by atoms with Gasteiger partial charge in [0.05, 0.1) is 11.9 Å². The fraction of sp³-hybridized carbons (Fsp3) is 0.263. The predicted octanol–water partition coefficient (Wildman–Crippen LogP) is 3.49. The second-order valence-corrected chi connectivity index (χ2v) is 7.20. The highest BCUT2D eigenvalue weighted by Gasteiger charge is 2.20. The summed E-state index contributed by atoms with van der Waals surface area (Å²) < 4.78 is 7.24. The van der Waals surface area contributed by atoms with Crippen molar-refractivity contribution in [2.24, 2.45) is 0 Å². The number of hydrogen-bond acceptors (Lipinski definition) is 6. The van der Waals surface area contributed by atoms with Crippen LogP contribution < -0.4 is 10.1 Å². The van der Waals surface area contributed by atoms with Crippen LogP contribution in [0, 0.1) is 6.92 Å². The van der Waals surface area contributed by atoms with Crippen molar-refractivity contribution in [3.63, 3.8) is 0 Å². The molecular weight excluding hydrogens is 362 g/mol. The van der Waals surface area contributed by atoms with Crippen LogP contribution >= 0.6 is 11.8 Å². The molecule has 1 aromatic heterocycles. The van der Waals surface area contributed by atoms with E-state index in [0.29, 0.717) is 17.5 Å². The molecule has 7 nitrogen and oxygen atoms in total.